The van der Waals surface area contributed by atoms with Crippen LogP contribution in [0.15, 0.2) is 54.6 Å². The van der Waals surface area contributed by atoms with Gasteiger partial charge in [-0.05, 0) is 31.0 Å². The van der Waals surface area contributed by atoms with Gasteiger partial charge in [-0.2, -0.15) is 0 Å². The number of hydrogen-bond acceptors (Lipinski definition) is 3. The standard InChI is InChI=1S/C19H22N2O2/c1-14(20-13-19(23)17-8-4-3-5-9-17)11-16-7-6-10-18(12-16)21-15(2)22/h3-10,12,14,20H,11,13H2,1-2H3,(H,21,22). The first kappa shape index (κ1) is 16.9. The summed E-state index contributed by atoms with van der Waals surface area (Å²) >= 11 is 0. The predicted molar refractivity (Wildman–Crippen MR) is 92.7 cm³/mol. The van der Waals surface area contributed by atoms with Gasteiger partial charge in [0, 0.05) is 24.2 Å². The number of Topliss-reactive ketones (excluding diaryl/α,β-unsaturated/α-hetero) is 1. The summed E-state index contributed by atoms with van der Waals surface area (Å²) in [6.07, 6.45) is 0.787. The molecule has 0 aliphatic heterocycles. The molecule has 0 saturated heterocycles. The lowest BCUT2D eigenvalue weighted by atomic mass is 10.1. The number of hydrogen-bond donors (Lipinski definition) is 2. The second kappa shape index (κ2) is 8.25. The Hall–Kier alpha value is -2.46. The summed E-state index contributed by atoms with van der Waals surface area (Å²) in [5.74, 6) is 0.00577. The maximum atomic E-state index is 12.1. The van der Waals surface area contributed by atoms with Crippen LogP contribution in [0.2, 0.25) is 0 Å². The summed E-state index contributed by atoms with van der Waals surface area (Å²) in [7, 11) is 0. The number of benzene rings is 2. The minimum Gasteiger partial charge on any atom is -0.326 e. The van der Waals surface area contributed by atoms with Crippen molar-refractivity contribution in [3.05, 3.63) is 65.7 Å². The molecule has 23 heavy (non-hydrogen) atoms. The van der Waals surface area contributed by atoms with Crippen molar-refractivity contribution in [2.75, 3.05) is 11.9 Å². The highest BCUT2D eigenvalue weighted by molar-refractivity contribution is 5.97. The van der Waals surface area contributed by atoms with E-state index in [1.54, 1.807) is 0 Å². The Morgan fingerprint density at radius 2 is 1.78 bits per heavy atom. The third kappa shape index (κ3) is 5.68. The highest BCUT2D eigenvalue weighted by atomic mass is 16.1. The third-order valence-electron chi connectivity index (χ3n) is 3.50. The van der Waals surface area contributed by atoms with Gasteiger partial charge in [0.25, 0.3) is 0 Å². The number of nitrogens with one attached hydrogen (secondary N) is 2. The smallest absolute Gasteiger partial charge is 0.221 e. The van der Waals surface area contributed by atoms with Gasteiger partial charge >= 0.3 is 0 Å². The topological polar surface area (TPSA) is 58.2 Å². The largest absolute Gasteiger partial charge is 0.326 e. The van der Waals surface area contributed by atoms with Crippen LogP contribution in [0.1, 0.15) is 29.8 Å². The fourth-order valence-corrected chi connectivity index (χ4v) is 2.40. The molecule has 2 aromatic carbocycles. The van der Waals surface area contributed by atoms with Gasteiger partial charge in [-0.15, -0.1) is 0 Å². The fraction of sp³-hybridized carbons (Fsp3) is 0.263. The van der Waals surface area contributed by atoms with Gasteiger partial charge in [0.15, 0.2) is 5.78 Å². The van der Waals surface area contributed by atoms with E-state index >= 15 is 0 Å². The predicted octanol–water partition coefficient (Wildman–Crippen LogP) is 3.05. The van der Waals surface area contributed by atoms with E-state index in [2.05, 4.69) is 10.6 Å². The maximum Gasteiger partial charge on any atom is 0.221 e. The Morgan fingerprint density at radius 1 is 1.04 bits per heavy atom. The van der Waals surface area contributed by atoms with Crippen molar-refractivity contribution in [2.45, 2.75) is 26.3 Å². The quantitative estimate of drug-likeness (QED) is 0.773. The molecule has 1 unspecified atom stereocenters. The van der Waals surface area contributed by atoms with Gasteiger partial charge in [0.05, 0.1) is 6.54 Å². The van der Waals surface area contributed by atoms with E-state index in [0.717, 1.165) is 23.2 Å². The summed E-state index contributed by atoms with van der Waals surface area (Å²) in [5, 5.41) is 6.03. The third-order valence-corrected chi connectivity index (χ3v) is 3.50. The van der Waals surface area contributed by atoms with Crippen molar-refractivity contribution < 1.29 is 9.59 Å². The fourth-order valence-electron chi connectivity index (χ4n) is 2.40. The zero-order valence-corrected chi connectivity index (χ0v) is 13.5. The van der Waals surface area contributed by atoms with Crippen molar-refractivity contribution in [3.63, 3.8) is 0 Å². The molecule has 0 bridgehead atoms. The van der Waals surface area contributed by atoms with Gasteiger partial charge < -0.3 is 10.6 Å². The monoisotopic (exact) mass is 310 g/mol. The molecule has 0 aromatic heterocycles. The summed E-state index contributed by atoms with van der Waals surface area (Å²) in [6.45, 7) is 3.85. The highest BCUT2D eigenvalue weighted by Gasteiger charge is 2.09. The molecule has 0 fully saturated rings. The minimum absolute atomic E-state index is 0.0817. The molecule has 0 aliphatic carbocycles. The lowest BCUT2D eigenvalue weighted by molar-refractivity contribution is -0.114. The van der Waals surface area contributed by atoms with Gasteiger partial charge in [0.2, 0.25) is 5.91 Å². The van der Waals surface area contributed by atoms with Crippen molar-refractivity contribution in [1.29, 1.82) is 0 Å². The second-order valence-corrected chi connectivity index (χ2v) is 5.66. The molecule has 1 atom stereocenters. The SMILES string of the molecule is CC(=O)Nc1cccc(CC(C)NCC(=O)c2ccccc2)c1. The van der Waals surface area contributed by atoms with Crippen LogP contribution in [0, 0.1) is 0 Å². The van der Waals surface area contributed by atoms with Gasteiger partial charge in [-0.3, -0.25) is 9.59 Å². The molecular weight excluding hydrogens is 288 g/mol. The maximum absolute atomic E-state index is 12.1. The Kier molecular flexibility index (Phi) is 6.06. The molecule has 0 saturated carbocycles. The average molecular weight is 310 g/mol. The average Bonchev–Trinajstić information content (AvgIpc) is 2.53. The van der Waals surface area contributed by atoms with E-state index in [1.807, 2.05) is 61.5 Å². The van der Waals surface area contributed by atoms with Crippen LogP contribution >= 0.6 is 0 Å². The Labute approximate surface area is 136 Å². The van der Waals surface area contributed by atoms with E-state index in [1.165, 1.54) is 6.92 Å². The highest BCUT2D eigenvalue weighted by Crippen LogP contribution is 2.12. The number of carbonyl (C=O) groups is 2. The molecule has 0 aliphatic rings. The molecule has 0 radical (unpaired) electrons. The Bertz CT molecular complexity index is 668. The van der Waals surface area contributed by atoms with Crippen LogP contribution in [0.3, 0.4) is 0 Å². The molecule has 2 N–H and O–H groups in total. The summed E-state index contributed by atoms with van der Waals surface area (Å²) < 4.78 is 0. The van der Waals surface area contributed by atoms with E-state index in [4.69, 9.17) is 0 Å². The Balaban J connectivity index is 1.86. The zero-order valence-electron chi connectivity index (χ0n) is 13.5. The van der Waals surface area contributed by atoms with Crippen LogP contribution < -0.4 is 10.6 Å². The van der Waals surface area contributed by atoms with Crippen LogP contribution in [0.4, 0.5) is 5.69 Å². The van der Waals surface area contributed by atoms with E-state index in [9.17, 15) is 9.59 Å². The number of anilines is 1. The molecule has 120 valence electrons. The first-order chi connectivity index (χ1) is 11.0. The summed E-state index contributed by atoms with van der Waals surface area (Å²) in [4.78, 5) is 23.2. The lowest BCUT2D eigenvalue weighted by Gasteiger charge is -2.14. The van der Waals surface area contributed by atoms with E-state index in [-0.39, 0.29) is 17.7 Å². The molecule has 2 rings (SSSR count). The molecule has 0 spiro atoms. The van der Waals surface area contributed by atoms with E-state index in [0.29, 0.717) is 6.54 Å². The number of carbonyl (C=O) groups excluding carboxylic acids is 2. The molecule has 2 aromatic rings. The van der Waals surface area contributed by atoms with Crippen LogP contribution in [0.5, 0.6) is 0 Å². The number of ketones is 1. The van der Waals surface area contributed by atoms with E-state index < -0.39 is 0 Å². The number of amides is 1. The van der Waals surface area contributed by atoms with Crippen LogP contribution in [0.25, 0.3) is 0 Å². The minimum atomic E-state index is -0.0817. The molecular formula is C19H22N2O2. The molecule has 4 nitrogen and oxygen atoms in total. The van der Waals surface area contributed by atoms with Crippen molar-refractivity contribution in [1.82, 2.24) is 5.32 Å². The summed E-state index contributed by atoms with van der Waals surface area (Å²) in [6, 6.07) is 17.2. The molecule has 4 heteroatoms. The van der Waals surface area contributed by atoms with Crippen molar-refractivity contribution in [2.24, 2.45) is 0 Å². The van der Waals surface area contributed by atoms with Crippen molar-refractivity contribution in [3.8, 4) is 0 Å². The first-order valence-corrected chi connectivity index (χ1v) is 7.73. The first-order valence-electron chi connectivity index (χ1n) is 7.73. The summed E-state index contributed by atoms with van der Waals surface area (Å²) in [5.41, 5.74) is 2.63. The number of rotatable bonds is 7. The molecule has 0 heterocycles. The second-order valence-electron chi connectivity index (χ2n) is 5.66. The molecule has 1 amide bonds. The van der Waals surface area contributed by atoms with Crippen LogP contribution in [-0.2, 0) is 11.2 Å². The normalized spacial score (nSPS) is 11.7. The van der Waals surface area contributed by atoms with Gasteiger partial charge in [-0.1, -0.05) is 42.5 Å². The van der Waals surface area contributed by atoms with Crippen molar-refractivity contribution >= 4 is 17.4 Å². The lowest BCUT2D eigenvalue weighted by Crippen LogP contribution is -2.33. The van der Waals surface area contributed by atoms with Gasteiger partial charge in [0.1, 0.15) is 0 Å². The van der Waals surface area contributed by atoms with Gasteiger partial charge in [-0.25, -0.2) is 0 Å². The Morgan fingerprint density at radius 3 is 2.48 bits per heavy atom. The van der Waals surface area contributed by atoms with Crippen LogP contribution in [-0.4, -0.2) is 24.3 Å². The zero-order chi connectivity index (χ0) is 16.7.